The van der Waals surface area contributed by atoms with Crippen molar-refractivity contribution in [3.8, 4) is 17.3 Å². The Kier molecular flexibility index (Phi) is 3.47. The number of H-pyrrole nitrogens is 1. The fourth-order valence-electron chi connectivity index (χ4n) is 1.63. The van der Waals surface area contributed by atoms with Crippen LogP contribution in [0.3, 0.4) is 0 Å². The molecule has 18 heavy (non-hydrogen) atoms. The highest BCUT2D eigenvalue weighted by Gasteiger charge is 2.11. The van der Waals surface area contributed by atoms with E-state index in [2.05, 4.69) is 25.9 Å². The number of aromatic nitrogens is 2. The number of aromatic hydroxyl groups is 1. The Morgan fingerprint density at radius 2 is 2.17 bits per heavy atom. The summed E-state index contributed by atoms with van der Waals surface area (Å²) < 4.78 is 13.8. The van der Waals surface area contributed by atoms with E-state index in [1.165, 1.54) is 12.1 Å². The zero-order valence-electron chi connectivity index (χ0n) is 9.50. The molecule has 0 atom stereocenters. The summed E-state index contributed by atoms with van der Waals surface area (Å²) in [5.74, 6) is -0.646. The highest BCUT2D eigenvalue weighted by atomic mass is 79.9. The van der Waals surface area contributed by atoms with E-state index < -0.39 is 11.4 Å². The lowest BCUT2D eigenvalue weighted by molar-refractivity contribution is 0.444. The molecule has 0 fully saturated rings. The van der Waals surface area contributed by atoms with Gasteiger partial charge in [-0.05, 0) is 24.6 Å². The largest absolute Gasteiger partial charge is 0.493 e. The maximum atomic E-state index is 13.2. The van der Waals surface area contributed by atoms with E-state index in [0.29, 0.717) is 16.5 Å². The summed E-state index contributed by atoms with van der Waals surface area (Å²) in [6, 6.07) is 4.13. The quantitative estimate of drug-likeness (QED) is 0.895. The van der Waals surface area contributed by atoms with Crippen molar-refractivity contribution in [2.45, 2.75) is 13.3 Å². The Labute approximate surface area is 111 Å². The summed E-state index contributed by atoms with van der Waals surface area (Å²) in [7, 11) is 0. The van der Waals surface area contributed by atoms with Gasteiger partial charge in [0.15, 0.2) is 0 Å². The first-order chi connectivity index (χ1) is 8.51. The zero-order valence-corrected chi connectivity index (χ0v) is 11.1. The van der Waals surface area contributed by atoms with Crippen LogP contribution >= 0.6 is 15.9 Å². The maximum Gasteiger partial charge on any atom is 0.258 e. The van der Waals surface area contributed by atoms with Gasteiger partial charge in [-0.25, -0.2) is 4.39 Å². The molecular formula is C12H10BrFN2O2. The van der Waals surface area contributed by atoms with Crippen LogP contribution in [-0.2, 0) is 6.42 Å². The predicted molar refractivity (Wildman–Crippen MR) is 69.0 cm³/mol. The Morgan fingerprint density at radius 3 is 2.72 bits per heavy atom. The van der Waals surface area contributed by atoms with E-state index in [0.717, 1.165) is 0 Å². The third-order valence-electron chi connectivity index (χ3n) is 2.48. The Bertz CT molecular complexity index is 635. The van der Waals surface area contributed by atoms with Crippen molar-refractivity contribution >= 4 is 15.9 Å². The van der Waals surface area contributed by atoms with Crippen LogP contribution in [0.1, 0.15) is 12.5 Å². The molecule has 0 saturated heterocycles. The van der Waals surface area contributed by atoms with Gasteiger partial charge < -0.3 is 10.1 Å². The van der Waals surface area contributed by atoms with Gasteiger partial charge in [-0.2, -0.15) is 4.98 Å². The standard InChI is InChI=1S/C12H10BrFN2O2/c1-2-9-11(17)15-10(16-12(9)18)6-3-7(13)5-8(14)4-6/h3-5H,2H2,1H3,(H2,15,16,17,18). The number of hydrogen-bond donors (Lipinski definition) is 2. The topological polar surface area (TPSA) is 66.0 Å². The van der Waals surface area contributed by atoms with E-state index in [4.69, 9.17) is 0 Å². The summed E-state index contributed by atoms with van der Waals surface area (Å²) in [6.07, 6.45) is 0.376. The first kappa shape index (κ1) is 12.8. The average Bonchev–Trinajstić information content (AvgIpc) is 2.27. The third kappa shape index (κ3) is 2.43. The van der Waals surface area contributed by atoms with Crippen molar-refractivity contribution in [3.63, 3.8) is 0 Å². The summed E-state index contributed by atoms with van der Waals surface area (Å²) >= 11 is 3.15. The molecule has 2 N–H and O–H groups in total. The molecule has 2 rings (SSSR count). The van der Waals surface area contributed by atoms with Crippen molar-refractivity contribution in [1.82, 2.24) is 9.97 Å². The van der Waals surface area contributed by atoms with Crippen molar-refractivity contribution < 1.29 is 9.50 Å². The lowest BCUT2D eigenvalue weighted by Crippen LogP contribution is -2.14. The van der Waals surface area contributed by atoms with Gasteiger partial charge in [0.2, 0.25) is 5.88 Å². The molecule has 0 aliphatic heterocycles. The Balaban J connectivity index is 2.61. The lowest BCUT2D eigenvalue weighted by atomic mass is 10.2. The zero-order chi connectivity index (χ0) is 13.3. The molecule has 0 spiro atoms. The molecular weight excluding hydrogens is 303 g/mol. The fraction of sp³-hybridized carbons (Fsp3) is 0.167. The minimum absolute atomic E-state index is 0.134. The number of rotatable bonds is 2. The molecule has 0 aliphatic rings. The van der Waals surface area contributed by atoms with Gasteiger partial charge in [0.25, 0.3) is 5.56 Å². The van der Waals surface area contributed by atoms with Gasteiger partial charge in [-0.1, -0.05) is 22.9 Å². The third-order valence-corrected chi connectivity index (χ3v) is 2.94. The summed E-state index contributed by atoms with van der Waals surface area (Å²) in [5, 5.41) is 9.64. The monoisotopic (exact) mass is 312 g/mol. The Hall–Kier alpha value is -1.69. The van der Waals surface area contributed by atoms with Gasteiger partial charge in [-0.3, -0.25) is 4.79 Å². The normalized spacial score (nSPS) is 10.6. The number of nitrogens with zero attached hydrogens (tertiary/aromatic N) is 1. The van der Waals surface area contributed by atoms with E-state index >= 15 is 0 Å². The highest BCUT2D eigenvalue weighted by Crippen LogP contribution is 2.23. The van der Waals surface area contributed by atoms with Crippen LogP contribution in [0.25, 0.3) is 11.4 Å². The molecule has 0 unspecified atom stereocenters. The number of halogens is 2. The van der Waals surface area contributed by atoms with Crippen LogP contribution < -0.4 is 5.56 Å². The van der Waals surface area contributed by atoms with Crippen LogP contribution in [0.15, 0.2) is 27.5 Å². The molecule has 0 radical (unpaired) electrons. The van der Waals surface area contributed by atoms with Crippen molar-refractivity contribution in [2.24, 2.45) is 0 Å². The molecule has 1 aromatic heterocycles. The predicted octanol–water partition coefficient (Wildman–Crippen LogP) is 2.61. The molecule has 0 aliphatic carbocycles. The molecule has 1 heterocycles. The number of benzene rings is 1. The number of nitrogens with one attached hydrogen (secondary N) is 1. The first-order valence-corrected chi connectivity index (χ1v) is 6.09. The average molecular weight is 313 g/mol. The smallest absolute Gasteiger partial charge is 0.258 e. The van der Waals surface area contributed by atoms with E-state index in [1.54, 1.807) is 13.0 Å². The van der Waals surface area contributed by atoms with Crippen LogP contribution in [0, 0.1) is 5.82 Å². The molecule has 1 aromatic carbocycles. The number of hydrogen-bond acceptors (Lipinski definition) is 3. The van der Waals surface area contributed by atoms with Crippen molar-refractivity contribution in [2.75, 3.05) is 0 Å². The minimum atomic E-state index is -0.457. The van der Waals surface area contributed by atoms with E-state index in [1.807, 2.05) is 0 Å². The van der Waals surface area contributed by atoms with Crippen LogP contribution in [0.5, 0.6) is 5.88 Å². The maximum absolute atomic E-state index is 13.2. The SMILES string of the molecule is CCc1c(O)nc(-c2cc(F)cc(Br)c2)[nH]c1=O. The van der Waals surface area contributed by atoms with Gasteiger partial charge in [0.05, 0.1) is 5.56 Å². The van der Waals surface area contributed by atoms with Gasteiger partial charge >= 0.3 is 0 Å². The second kappa shape index (κ2) is 4.89. The van der Waals surface area contributed by atoms with Crippen molar-refractivity contribution in [3.05, 3.63) is 44.4 Å². The van der Waals surface area contributed by atoms with E-state index in [9.17, 15) is 14.3 Å². The first-order valence-electron chi connectivity index (χ1n) is 5.30. The molecule has 0 bridgehead atoms. The Morgan fingerprint density at radius 1 is 1.44 bits per heavy atom. The summed E-state index contributed by atoms with van der Waals surface area (Å²) in [6.45, 7) is 1.74. The van der Waals surface area contributed by atoms with Crippen LogP contribution in [0.4, 0.5) is 4.39 Å². The fourth-order valence-corrected chi connectivity index (χ4v) is 2.10. The van der Waals surface area contributed by atoms with Crippen LogP contribution in [-0.4, -0.2) is 15.1 Å². The second-order valence-corrected chi connectivity index (χ2v) is 4.64. The molecule has 4 nitrogen and oxygen atoms in total. The molecule has 94 valence electrons. The molecule has 2 aromatic rings. The second-order valence-electron chi connectivity index (χ2n) is 3.73. The van der Waals surface area contributed by atoms with Gasteiger partial charge in [-0.15, -0.1) is 0 Å². The lowest BCUT2D eigenvalue weighted by Gasteiger charge is -2.05. The van der Waals surface area contributed by atoms with Gasteiger partial charge in [0.1, 0.15) is 11.6 Å². The van der Waals surface area contributed by atoms with Crippen LogP contribution in [0.2, 0.25) is 0 Å². The minimum Gasteiger partial charge on any atom is -0.493 e. The molecule has 6 heteroatoms. The van der Waals surface area contributed by atoms with Gasteiger partial charge in [0, 0.05) is 10.0 Å². The highest BCUT2D eigenvalue weighted by molar-refractivity contribution is 9.10. The summed E-state index contributed by atoms with van der Waals surface area (Å²) in [4.78, 5) is 18.1. The van der Waals surface area contributed by atoms with E-state index in [-0.39, 0.29) is 17.3 Å². The summed E-state index contributed by atoms with van der Waals surface area (Å²) in [5.41, 5.74) is 0.187. The molecule has 0 amide bonds. The van der Waals surface area contributed by atoms with Crippen molar-refractivity contribution in [1.29, 1.82) is 0 Å². The molecule has 0 saturated carbocycles. The number of aromatic amines is 1.